The molecule has 0 fully saturated rings. The van der Waals surface area contributed by atoms with E-state index in [9.17, 15) is 0 Å². The summed E-state index contributed by atoms with van der Waals surface area (Å²) in [6, 6.07) is 11.3. The van der Waals surface area contributed by atoms with Gasteiger partial charge in [-0.2, -0.15) is 0 Å². The average Bonchev–Trinajstić information content (AvgIpc) is 2.42. The van der Waals surface area contributed by atoms with E-state index >= 15 is 0 Å². The lowest BCUT2D eigenvalue weighted by Gasteiger charge is -2.10. The fourth-order valence-electron chi connectivity index (χ4n) is 1.69. The smallest absolute Gasteiger partial charge is 0.223 e. The van der Waals surface area contributed by atoms with Gasteiger partial charge < -0.3 is 15.2 Å². The third kappa shape index (κ3) is 3.45. The lowest BCUT2D eigenvalue weighted by atomic mass is 10.2. The molecule has 1 aromatic carbocycles. The second-order valence-corrected chi connectivity index (χ2v) is 4.13. The first-order valence-corrected chi connectivity index (χ1v) is 6.30. The van der Waals surface area contributed by atoms with Crippen LogP contribution in [0.25, 0.3) is 0 Å². The van der Waals surface area contributed by atoms with E-state index in [1.807, 2.05) is 50.2 Å². The first kappa shape index (κ1) is 13.4. The van der Waals surface area contributed by atoms with E-state index in [0.717, 1.165) is 22.8 Å². The fraction of sp³-hybridized carbons (Fsp3) is 0.267. The van der Waals surface area contributed by atoms with Crippen LogP contribution in [0.1, 0.15) is 18.2 Å². The van der Waals surface area contributed by atoms with Gasteiger partial charge in [0.15, 0.2) is 0 Å². The SMILES string of the molecule is CCOc1ccc(Oc2nc(C)ccc2CN)cc1. The molecule has 0 unspecified atom stereocenters. The zero-order valence-corrected chi connectivity index (χ0v) is 11.2. The summed E-state index contributed by atoms with van der Waals surface area (Å²) in [6.45, 7) is 4.93. The molecule has 0 atom stereocenters. The first-order valence-electron chi connectivity index (χ1n) is 6.30. The van der Waals surface area contributed by atoms with Crippen LogP contribution in [0.15, 0.2) is 36.4 Å². The van der Waals surface area contributed by atoms with E-state index in [2.05, 4.69) is 4.98 Å². The third-order valence-electron chi connectivity index (χ3n) is 2.65. The minimum Gasteiger partial charge on any atom is -0.494 e. The Kier molecular flexibility index (Phi) is 4.36. The van der Waals surface area contributed by atoms with Crippen LogP contribution in [0.4, 0.5) is 0 Å². The molecule has 0 spiro atoms. The molecule has 2 N–H and O–H groups in total. The highest BCUT2D eigenvalue weighted by atomic mass is 16.5. The Bertz CT molecular complexity index is 538. The van der Waals surface area contributed by atoms with Crippen LogP contribution in [-0.4, -0.2) is 11.6 Å². The molecule has 0 amide bonds. The Balaban J connectivity index is 2.18. The molecule has 0 aliphatic carbocycles. The minimum absolute atomic E-state index is 0.402. The summed E-state index contributed by atoms with van der Waals surface area (Å²) < 4.78 is 11.2. The monoisotopic (exact) mass is 258 g/mol. The van der Waals surface area contributed by atoms with E-state index in [1.165, 1.54) is 0 Å². The van der Waals surface area contributed by atoms with E-state index in [4.69, 9.17) is 15.2 Å². The zero-order valence-electron chi connectivity index (χ0n) is 11.2. The average molecular weight is 258 g/mol. The Hall–Kier alpha value is -2.07. The van der Waals surface area contributed by atoms with Crippen molar-refractivity contribution in [3.8, 4) is 17.4 Å². The van der Waals surface area contributed by atoms with Gasteiger partial charge in [0, 0.05) is 17.8 Å². The van der Waals surface area contributed by atoms with Crippen LogP contribution < -0.4 is 15.2 Å². The molecule has 1 heterocycles. The van der Waals surface area contributed by atoms with Crippen molar-refractivity contribution in [3.63, 3.8) is 0 Å². The molecule has 100 valence electrons. The molecule has 0 aliphatic rings. The van der Waals surface area contributed by atoms with Gasteiger partial charge >= 0.3 is 0 Å². The predicted octanol–water partition coefficient (Wildman–Crippen LogP) is 3.04. The minimum atomic E-state index is 0.402. The molecule has 0 saturated carbocycles. The zero-order chi connectivity index (χ0) is 13.7. The van der Waals surface area contributed by atoms with Crippen LogP contribution >= 0.6 is 0 Å². The molecule has 4 nitrogen and oxygen atoms in total. The normalized spacial score (nSPS) is 10.3. The van der Waals surface area contributed by atoms with Crippen LogP contribution in [0, 0.1) is 6.92 Å². The molecule has 2 aromatic rings. The van der Waals surface area contributed by atoms with Gasteiger partial charge in [0.1, 0.15) is 11.5 Å². The number of hydrogen-bond donors (Lipinski definition) is 1. The van der Waals surface area contributed by atoms with Crippen molar-refractivity contribution < 1.29 is 9.47 Å². The molecular formula is C15H18N2O2. The van der Waals surface area contributed by atoms with Gasteiger partial charge in [-0.1, -0.05) is 6.07 Å². The summed E-state index contributed by atoms with van der Waals surface area (Å²) in [4.78, 5) is 4.36. The molecule has 0 radical (unpaired) electrons. The largest absolute Gasteiger partial charge is 0.494 e. The van der Waals surface area contributed by atoms with Crippen LogP contribution in [0.5, 0.6) is 17.4 Å². The van der Waals surface area contributed by atoms with Crippen molar-refractivity contribution in [2.24, 2.45) is 5.73 Å². The molecular weight excluding hydrogens is 240 g/mol. The van der Waals surface area contributed by atoms with Gasteiger partial charge in [0.2, 0.25) is 5.88 Å². The number of benzene rings is 1. The van der Waals surface area contributed by atoms with Gasteiger partial charge in [0.05, 0.1) is 6.61 Å². The van der Waals surface area contributed by atoms with Crippen molar-refractivity contribution in [2.75, 3.05) is 6.61 Å². The second kappa shape index (κ2) is 6.20. The maximum absolute atomic E-state index is 5.77. The molecule has 4 heteroatoms. The molecule has 1 aromatic heterocycles. The van der Waals surface area contributed by atoms with Crippen molar-refractivity contribution in [2.45, 2.75) is 20.4 Å². The number of aromatic nitrogens is 1. The number of ether oxygens (including phenoxy) is 2. The molecule has 2 rings (SSSR count). The van der Waals surface area contributed by atoms with Crippen LogP contribution in [-0.2, 0) is 6.54 Å². The summed E-state index contributed by atoms with van der Waals surface area (Å²) in [5.74, 6) is 2.11. The predicted molar refractivity (Wildman–Crippen MR) is 74.6 cm³/mol. The van der Waals surface area contributed by atoms with Crippen LogP contribution in [0.3, 0.4) is 0 Å². The van der Waals surface area contributed by atoms with Crippen molar-refractivity contribution in [1.29, 1.82) is 0 Å². The Labute approximate surface area is 113 Å². The van der Waals surface area contributed by atoms with Crippen LogP contribution in [0.2, 0.25) is 0 Å². The maximum atomic E-state index is 5.77. The Morgan fingerprint density at radius 2 is 1.74 bits per heavy atom. The van der Waals surface area contributed by atoms with Crippen molar-refractivity contribution >= 4 is 0 Å². The maximum Gasteiger partial charge on any atom is 0.223 e. The van der Waals surface area contributed by atoms with Gasteiger partial charge in [-0.15, -0.1) is 0 Å². The van der Waals surface area contributed by atoms with E-state index in [-0.39, 0.29) is 0 Å². The van der Waals surface area contributed by atoms with Gasteiger partial charge in [-0.05, 0) is 44.2 Å². The highest BCUT2D eigenvalue weighted by Crippen LogP contribution is 2.25. The summed E-state index contributed by atoms with van der Waals surface area (Å²) in [5, 5.41) is 0. The quantitative estimate of drug-likeness (QED) is 0.895. The lowest BCUT2D eigenvalue weighted by Crippen LogP contribution is -2.02. The number of aryl methyl sites for hydroxylation is 1. The summed E-state index contributed by atoms with van der Waals surface area (Å²) >= 11 is 0. The van der Waals surface area contributed by atoms with Gasteiger partial charge in [-0.3, -0.25) is 0 Å². The number of hydrogen-bond acceptors (Lipinski definition) is 4. The second-order valence-electron chi connectivity index (χ2n) is 4.13. The van der Waals surface area contributed by atoms with Crippen molar-refractivity contribution in [3.05, 3.63) is 47.7 Å². The fourth-order valence-corrected chi connectivity index (χ4v) is 1.69. The summed E-state index contributed by atoms with van der Waals surface area (Å²) in [7, 11) is 0. The molecule has 19 heavy (non-hydrogen) atoms. The topological polar surface area (TPSA) is 57.4 Å². The van der Waals surface area contributed by atoms with E-state index in [1.54, 1.807) is 0 Å². The molecule has 0 saturated heterocycles. The summed E-state index contributed by atoms with van der Waals surface area (Å²) in [5.41, 5.74) is 7.47. The highest BCUT2D eigenvalue weighted by Gasteiger charge is 2.06. The van der Waals surface area contributed by atoms with E-state index < -0.39 is 0 Å². The lowest BCUT2D eigenvalue weighted by molar-refractivity contribution is 0.339. The first-order chi connectivity index (χ1) is 9.22. The Morgan fingerprint density at radius 3 is 2.37 bits per heavy atom. The highest BCUT2D eigenvalue weighted by molar-refractivity contribution is 5.36. The molecule has 0 aliphatic heterocycles. The number of rotatable bonds is 5. The van der Waals surface area contributed by atoms with Gasteiger partial charge in [0.25, 0.3) is 0 Å². The standard InChI is InChI=1S/C15H18N2O2/c1-3-18-13-6-8-14(9-7-13)19-15-12(10-16)5-4-11(2)17-15/h4-9H,3,10,16H2,1-2H3. The van der Waals surface area contributed by atoms with E-state index in [0.29, 0.717) is 19.0 Å². The Morgan fingerprint density at radius 1 is 1.05 bits per heavy atom. The van der Waals surface area contributed by atoms with Crippen molar-refractivity contribution in [1.82, 2.24) is 4.98 Å². The number of pyridine rings is 1. The molecule has 0 bridgehead atoms. The summed E-state index contributed by atoms with van der Waals surface area (Å²) in [6.07, 6.45) is 0. The number of nitrogens with zero attached hydrogens (tertiary/aromatic N) is 1. The number of nitrogens with two attached hydrogens (primary N) is 1. The third-order valence-corrected chi connectivity index (χ3v) is 2.65. The van der Waals surface area contributed by atoms with Gasteiger partial charge in [-0.25, -0.2) is 4.98 Å².